The second-order valence-corrected chi connectivity index (χ2v) is 11.1. The fourth-order valence-corrected chi connectivity index (χ4v) is 5.21. The number of hydrogen-bond acceptors (Lipinski definition) is 5. The number of ether oxygens (including phenoxy) is 1. The summed E-state index contributed by atoms with van der Waals surface area (Å²) in [6.07, 6.45) is 2.55. The summed E-state index contributed by atoms with van der Waals surface area (Å²) in [5.74, 6) is -0.453. The van der Waals surface area contributed by atoms with Gasteiger partial charge in [0.2, 0.25) is 5.91 Å². The molecule has 1 heterocycles. The number of benzene rings is 3. The molecular weight excluding hydrogens is 530 g/mol. The van der Waals surface area contributed by atoms with Crippen molar-refractivity contribution in [2.45, 2.75) is 56.2 Å². The normalized spacial score (nSPS) is 17.2. The Hall–Kier alpha value is -4.66. The van der Waals surface area contributed by atoms with Crippen molar-refractivity contribution in [3.63, 3.8) is 0 Å². The lowest BCUT2D eigenvalue weighted by Crippen LogP contribution is -2.49. The van der Waals surface area contributed by atoms with Crippen molar-refractivity contribution in [1.82, 2.24) is 20.9 Å². The molecule has 3 amide bonds. The lowest BCUT2D eigenvalue weighted by atomic mass is 9.82. The molecule has 5 rings (SSSR count). The van der Waals surface area contributed by atoms with Gasteiger partial charge < -0.3 is 20.7 Å². The van der Waals surface area contributed by atoms with Gasteiger partial charge in [-0.2, -0.15) is 0 Å². The van der Waals surface area contributed by atoms with Crippen LogP contribution in [-0.2, 0) is 26.3 Å². The molecule has 2 fully saturated rings. The van der Waals surface area contributed by atoms with Gasteiger partial charge in [-0.25, -0.2) is 4.79 Å². The van der Waals surface area contributed by atoms with Gasteiger partial charge >= 0.3 is 6.09 Å². The summed E-state index contributed by atoms with van der Waals surface area (Å²) in [6, 6.07) is 27.6. The average molecular weight is 568 g/mol. The third-order valence-corrected chi connectivity index (χ3v) is 7.85. The van der Waals surface area contributed by atoms with Crippen LogP contribution >= 0.6 is 0 Å². The molecular formula is C33H37N5O4. The maximum atomic E-state index is 13.9. The van der Waals surface area contributed by atoms with Crippen LogP contribution < -0.4 is 16.0 Å². The SMILES string of the molecule is CC1(OC(=O)N[C@@H](Cc2ccccc2)C(=O)NCCCCN2C(=N)NC(c3ccccc3)(c3ccccc3)C2=O)CC1. The molecule has 1 atom stereocenters. The largest absolute Gasteiger partial charge is 0.443 e. The highest BCUT2D eigenvalue weighted by Gasteiger charge is 2.51. The minimum Gasteiger partial charge on any atom is -0.443 e. The molecule has 1 saturated carbocycles. The molecule has 0 spiro atoms. The van der Waals surface area contributed by atoms with Crippen molar-refractivity contribution in [2.75, 3.05) is 13.1 Å². The van der Waals surface area contributed by atoms with E-state index in [1.807, 2.05) is 97.9 Å². The Balaban J connectivity index is 1.17. The monoisotopic (exact) mass is 567 g/mol. The second-order valence-electron chi connectivity index (χ2n) is 11.1. The van der Waals surface area contributed by atoms with Crippen LogP contribution in [0.25, 0.3) is 0 Å². The van der Waals surface area contributed by atoms with E-state index in [0.29, 0.717) is 32.4 Å². The molecule has 2 aliphatic rings. The fourth-order valence-electron chi connectivity index (χ4n) is 5.21. The molecule has 9 heteroatoms. The number of carbonyl (C=O) groups excluding carboxylic acids is 3. The van der Waals surface area contributed by atoms with Gasteiger partial charge in [0.1, 0.15) is 11.6 Å². The summed E-state index contributed by atoms with van der Waals surface area (Å²) < 4.78 is 5.47. The number of unbranched alkanes of at least 4 members (excludes halogenated alkanes) is 1. The first kappa shape index (κ1) is 28.9. The molecule has 218 valence electrons. The van der Waals surface area contributed by atoms with E-state index in [1.165, 1.54) is 4.90 Å². The highest BCUT2D eigenvalue weighted by Crippen LogP contribution is 2.38. The van der Waals surface area contributed by atoms with Crippen LogP contribution in [0.5, 0.6) is 0 Å². The summed E-state index contributed by atoms with van der Waals surface area (Å²) in [5.41, 5.74) is 0.857. The van der Waals surface area contributed by atoms with E-state index in [2.05, 4.69) is 16.0 Å². The summed E-state index contributed by atoms with van der Waals surface area (Å²) in [6.45, 7) is 2.57. The summed E-state index contributed by atoms with van der Waals surface area (Å²) in [5, 5.41) is 17.4. The fraction of sp³-hybridized carbons (Fsp3) is 0.333. The Kier molecular flexibility index (Phi) is 8.56. The second kappa shape index (κ2) is 12.5. The zero-order valence-corrected chi connectivity index (χ0v) is 23.8. The number of nitrogens with one attached hydrogen (secondary N) is 4. The zero-order chi connectivity index (χ0) is 29.6. The highest BCUT2D eigenvalue weighted by atomic mass is 16.6. The zero-order valence-electron chi connectivity index (χ0n) is 23.8. The Morgan fingerprint density at radius 1 is 0.929 bits per heavy atom. The van der Waals surface area contributed by atoms with Gasteiger partial charge in [0.05, 0.1) is 0 Å². The molecule has 9 nitrogen and oxygen atoms in total. The minimum absolute atomic E-state index is 0.0479. The van der Waals surface area contributed by atoms with Gasteiger partial charge in [0.25, 0.3) is 5.91 Å². The topological polar surface area (TPSA) is 124 Å². The maximum absolute atomic E-state index is 13.9. The molecule has 4 N–H and O–H groups in total. The van der Waals surface area contributed by atoms with Crippen LogP contribution in [-0.4, -0.2) is 53.5 Å². The first-order valence-corrected chi connectivity index (χ1v) is 14.4. The van der Waals surface area contributed by atoms with Gasteiger partial charge in [-0.05, 0) is 49.3 Å². The maximum Gasteiger partial charge on any atom is 0.408 e. The molecule has 3 aromatic rings. The smallest absolute Gasteiger partial charge is 0.408 e. The third kappa shape index (κ3) is 6.46. The van der Waals surface area contributed by atoms with Crippen molar-refractivity contribution in [2.24, 2.45) is 0 Å². The van der Waals surface area contributed by atoms with Crippen LogP contribution in [0.4, 0.5) is 4.79 Å². The Morgan fingerprint density at radius 2 is 1.50 bits per heavy atom. The standard InChI is InChI=1S/C33H37N5O4/c1-32(19-20-32)42-31(41)36-27(23-24-13-5-2-6-14-24)28(39)35-21-11-12-22-38-29(40)33(37-30(38)34,25-15-7-3-8-16-25)26-17-9-4-10-18-26/h2-10,13-18,27H,11-12,19-23H2,1H3,(H2,34,37)(H,35,39)(H,36,41)/t27-/m0/s1. The summed E-state index contributed by atoms with van der Waals surface area (Å²) in [4.78, 5) is 40.9. The predicted octanol–water partition coefficient (Wildman–Crippen LogP) is 4.08. The van der Waals surface area contributed by atoms with Gasteiger partial charge in [-0.1, -0.05) is 91.0 Å². The van der Waals surface area contributed by atoms with E-state index < -0.39 is 23.3 Å². The molecule has 1 aliphatic heterocycles. The number of carbonyl (C=O) groups is 3. The van der Waals surface area contributed by atoms with Gasteiger partial charge in [-0.3, -0.25) is 19.9 Å². The quantitative estimate of drug-likeness (QED) is 0.246. The molecule has 0 radical (unpaired) electrons. The number of guanidine groups is 1. The first-order valence-electron chi connectivity index (χ1n) is 14.4. The number of amides is 3. The average Bonchev–Trinajstić information content (AvgIpc) is 3.67. The minimum atomic E-state index is -1.17. The van der Waals surface area contributed by atoms with E-state index in [0.717, 1.165) is 29.5 Å². The van der Waals surface area contributed by atoms with E-state index >= 15 is 0 Å². The van der Waals surface area contributed by atoms with Crippen LogP contribution in [0.3, 0.4) is 0 Å². The summed E-state index contributed by atoms with van der Waals surface area (Å²) >= 11 is 0. The van der Waals surface area contributed by atoms with Gasteiger partial charge in [0.15, 0.2) is 11.5 Å². The van der Waals surface area contributed by atoms with Crippen LogP contribution in [0.2, 0.25) is 0 Å². The Labute approximate surface area is 246 Å². The molecule has 3 aromatic carbocycles. The van der Waals surface area contributed by atoms with Crippen molar-refractivity contribution in [3.05, 3.63) is 108 Å². The molecule has 1 saturated heterocycles. The van der Waals surface area contributed by atoms with Gasteiger partial charge in [0, 0.05) is 19.5 Å². The van der Waals surface area contributed by atoms with Crippen molar-refractivity contribution in [1.29, 1.82) is 5.41 Å². The molecule has 0 unspecified atom stereocenters. The summed E-state index contributed by atoms with van der Waals surface area (Å²) in [7, 11) is 0. The van der Waals surface area contributed by atoms with E-state index in [1.54, 1.807) is 0 Å². The first-order chi connectivity index (χ1) is 20.3. The number of nitrogens with zero attached hydrogens (tertiary/aromatic N) is 1. The molecule has 42 heavy (non-hydrogen) atoms. The number of hydrogen-bond donors (Lipinski definition) is 4. The molecule has 0 aromatic heterocycles. The lowest BCUT2D eigenvalue weighted by Gasteiger charge is -2.28. The van der Waals surface area contributed by atoms with Crippen molar-refractivity contribution in [3.8, 4) is 0 Å². The number of alkyl carbamates (subject to hydrolysis) is 1. The predicted molar refractivity (Wildman–Crippen MR) is 160 cm³/mol. The van der Waals surface area contributed by atoms with Crippen LogP contribution in [0, 0.1) is 5.41 Å². The van der Waals surface area contributed by atoms with Gasteiger partial charge in [-0.15, -0.1) is 0 Å². The van der Waals surface area contributed by atoms with E-state index in [4.69, 9.17) is 10.1 Å². The molecule has 1 aliphatic carbocycles. The Bertz CT molecular complexity index is 1370. The third-order valence-electron chi connectivity index (χ3n) is 7.85. The number of rotatable bonds is 12. The van der Waals surface area contributed by atoms with E-state index in [9.17, 15) is 14.4 Å². The van der Waals surface area contributed by atoms with Crippen molar-refractivity contribution < 1.29 is 19.1 Å². The van der Waals surface area contributed by atoms with E-state index in [-0.39, 0.29) is 17.8 Å². The van der Waals surface area contributed by atoms with Crippen LogP contribution in [0.15, 0.2) is 91.0 Å². The van der Waals surface area contributed by atoms with Crippen LogP contribution in [0.1, 0.15) is 49.3 Å². The molecule has 0 bridgehead atoms. The Morgan fingerprint density at radius 3 is 2.07 bits per heavy atom. The highest BCUT2D eigenvalue weighted by molar-refractivity contribution is 6.10. The van der Waals surface area contributed by atoms with Crippen molar-refractivity contribution >= 4 is 23.9 Å². The lowest BCUT2D eigenvalue weighted by molar-refractivity contribution is -0.130.